The third kappa shape index (κ3) is 2.26. The molecule has 13 heavy (non-hydrogen) atoms. The summed E-state index contributed by atoms with van der Waals surface area (Å²) in [5, 5.41) is 9.34. The van der Waals surface area contributed by atoms with E-state index in [4.69, 9.17) is 5.73 Å². The maximum Gasteiger partial charge on any atom is 0.0705 e. The topological polar surface area (TPSA) is 59.1 Å². The van der Waals surface area contributed by atoms with Gasteiger partial charge in [-0.25, -0.2) is 0 Å². The average molecular weight is 180 g/mol. The van der Waals surface area contributed by atoms with E-state index in [1.807, 2.05) is 6.07 Å². The second-order valence-electron chi connectivity index (χ2n) is 3.19. The predicted octanol–water partition coefficient (Wildman–Crippen LogP) is 1.02. The second kappa shape index (κ2) is 4.35. The SMILES string of the molecule is CCc1ccncc1[C@@H](N)[C@H](C)O. The van der Waals surface area contributed by atoms with Crippen LogP contribution in [-0.2, 0) is 6.42 Å². The minimum absolute atomic E-state index is 0.330. The van der Waals surface area contributed by atoms with E-state index in [-0.39, 0.29) is 6.04 Å². The van der Waals surface area contributed by atoms with Gasteiger partial charge in [-0.3, -0.25) is 4.98 Å². The van der Waals surface area contributed by atoms with Gasteiger partial charge in [-0.15, -0.1) is 0 Å². The molecule has 0 unspecified atom stereocenters. The molecule has 0 fully saturated rings. The number of nitrogens with zero attached hydrogens (tertiary/aromatic N) is 1. The third-order valence-corrected chi connectivity index (χ3v) is 2.21. The lowest BCUT2D eigenvalue weighted by molar-refractivity contribution is 0.164. The van der Waals surface area contributed by atoms with Crippen LogP contribution in [0.5, 0.6) is 0 Å². The Hall–Kier alpha value is -0.930. The second-order valence-corrected chi connectivity index (χ2v) is 3.19. The van der Waals surface area contributed by atoms with E-state index in [2.05, 4.69) is 11.9 Å². The number of aliphatic hydroxyl groups is 1. The van der Waals surface area contributed by atoms with Gasteiger partial charge < -0.3 is 10.8 Å². The standard InChI is InChI=1S/C10H16N2O/c1-3-8-4-5-12-6-9(8)10(11)7(2)13/h4-7,10,13H,3,11H2,1-2H3/t7-,10-/m0/s1. The number of aryl methyl sites for hydroxylation is 1. The first-order valence-electron chi connectivity index (χ1n) is 4.53. The van der Waals surface area contributed by atoms with Crippen molar-refractivity contribution in [3.8, 4) is 0 Å². The van der Waals surface area contributed by atoms with Crippen molar-refractivity contribution in [1.82, 2.24) is 4.98 Å². The summed E-state index contributed by atoms with van der Waals surface area (Å²) in [6, 6.07) is 1.61. The fourth-order valence-corrected chi connectivity index (χ4v) is 1.32. The predicted molar refractivity (Wildman–Crippen MR) is 52.2 cm³/mol. The monoisotopic (exact) mass is 180 g/mol. The normalized spacial score (nSPS) is 15.4. The Morgan fingerprint density at radius 2 is 2.31 bits per heavy atom. The van der Waals surface area contributed by atoms with Gasteiger partial charge in [0.15, 0.2) is 0 Å². The van der Waals surface area contributed by atoms with Gasteiger partial charge in [-0.2, -0.15) is 0 Å². The molecule has 0 saturated heterocycles. The maximum absolute atomic E-state index is 9.34. The van der Waals surface area contributed by atoms with Gasteiger partial charge in [0.2, 0.25) is 0 Å². The number of hydrogen-bond acceptors (Lipinski definition) is 3. The zero-order valence-electron chi connectivity index (χ0n) is 8.07. The molecule has 0 aliphatic carbocycles. The van der Waals surface area contributed by atoms with Crippen molar-refractivity contribution in [1.29, 1.82) is 0 Å². The highest BCUT2D eigenvalue weighted by Gasteiger charge is 2.14. The van der Waals surface area contributed by atoms with E-state index in [9.17, 15) is 5.11 Å². The van der Waals surface area contributed by atoms with Crippen LogP contribution in [0.4, 0.5) is 0 Å². The van der Waals surface area contributed by atoms with Crippen LogP contribution >= 0.6 is 0 Å². The molecule has 1 heterocycles. The molecule has 0 amide bonds. The van der Waals surface area contributed by atoms with Gasteiger partial charge in [0, 0.05) is 12.4 Å². The third-order valence-electron chi connectivity index (χ3n) is 2.21. The largest absolute Gasteiger partial charge is 0.391 e. The number of nitrogens with two attached hydrogens (primary N) is 1. The van der Waals surface area contributed by atoms with E-state index in [0.29, 0.717) is 0 Å². The van der Waals surface area contributed by atoms with E-state index in [0.717, 1.165) is 17.5 Å². The van der Waals surface area contributed by atoms with Gasteiger partial charge in [0.1, 0.15) is 0 Å². The van der Waals surface area contributed by atoms with Gasteiger partial charge in [0.25, 0.3) is 0 Å². The molecular weight excluding hydrogens is 164 g/mol. The van der Waals surface area contributed by atoms with Gasteiger partial charge >= 0.3 is 0 Å². The Labute approximate surface area is 78.6 Å². The fraction of sp³-hybridized carbons (Fsp3) is 0.500. The summed E-state index contributed by atoms with van der Waals surface area (Å²) in [4.78, 5) is 4.01. The number of hydrogen-bond donors (Lipinski definition) is 2. The summed E-state index contributed by atoms with van der Waals surface area (Å²) in [7, 11) is 0. The van der Waals surface area contributed by atoms with Crippen molar-refractivity contribution in [3.63, 3.8) is 0 Å². The number of pyridine rings is 1. The van der Waals surface area contributed by atoms with Crippen LogP contribution in [0, 0.1) is 0 Å². The summed E-state index contributed by atoms with van der Waals surface area (Å²) in [5.41, 5.74) is 7.92. The number of aliphatic hydroxyl groups excluding tert-OH is 1. The van der Waals surface area contributed by atoms with Crippen molar-refractivity contribution in [2.75, 3.05) is 0 Å². The van der Waals surface area contributed by atoms with Crippen LogP contribution < -0.4 is 5.73 Å². The highest BCUT2D eigenvalue weighted by atomic mass is 16.3. The minimum Gasteiger partial charge on any atom is -0.391 e. The molecule has 0 radical (unpaired) electrons. The molecule has 1 aromatic heterocycles. The van der Waals surface area contributed by atoms with Gasteiger partial charge in [0.05, 0.1) is 12.1 Å². The van der Waals surface area contributed by atoms with Crippen molar-refractivity contribution in [2.45, 2.75) is 32.4 Å². The smallest absolute Gasteiger partial charge is 0.0705 e. The first-order chi connectivity index (χ1) is 6.16. The molecule has 0 aliphatic heterocycles. The molecule has 0 saturated carbocycles. The molecule has 1 aromatic rings. The van der Waals surface area contributed by atoms with Gasteiger partial charge in [-0.1, -0.05) is 6.92 Å². The Kier molecular flexibility index (Phi) is 3.39. The summed E-state index contributed by atoms with van der Waals surface area (Å²) in [6.45, 7) is 3.75. The fourth-order valence-electron chi connectivity index (χ4n) is 1.32. The van der Waals surface area contributed by atoms with Crippen LogP contribution in [0.3, 0.4) is 0 Å². The summed E-state index contributed by atoms with van der Waals surface area (Å²) < 4.78 is 0. The quantitative estimate of drug-likeness (QED) is 0.730. The number of aromatic nitrogens is 1. The summed E-state index contributed by atoms with van der Waals surface area (Å²) in [5.74, 6) is 0. The maximum atomic E-state index is 9.34. The first kappa shape index (κ1) is 10.2. The van der Waals surface area contributed by atoms with Crippen LogP contribution in [0.25, 0.3) is 0 Å². The highest BCUT2D eigenvalue weighted by Crippen LogP contribution is 2.17. The van der Waals surface area contributed by atoms with Crippen LogP contribution in [0.2, 0.25) is 0 Å². The van der Waals surface area contributed by atoms with E-state index in [1.54, 1.807) is 19.3 Å². The molecular formula is C10H16N2O. The molecule has 0 bridgehead atoms. The molecule has 3 heteroatoms. The molecule has 1 rings (SSSR count). The lowest BCUT2D eigenvalue weighted by Crippen LogP contribution is -2.24. The van der Waals surface area contributed by atoms with Crippen molar-refractivity contribution in [2.24, 2.45) is 5.73 Å². The molecule has 0 spiro atoms. The summed E-state index contributed by atoms with van der Waals surface area (Å²) in [6.07, 6.45) is 3.86. The Bertz CT molecular complexity index is 273. The van der Waals surface area contributed by atoms with Crippen molar-refractivity contribution in [3.05, 3.63) is 29.6 Å². The van der Waals surface area contributed by atoms with Crippen molar-refractivity contribution < 1.29 is 5.11 Å². The molecule has 72 valence electrons. The zero-order valence-corrected chi connectivity index (χ0v) is 8.07. The molecule has 3 N–H and O–H groups in total. The molecule has 2 atom stereocenters. The Morgan fingerprint density at radius 3 is 2.85 bits per heavy atom. The summed E-state index contributed by atoms with van der Waals surface area (Å²) >= 11 is 0. The minimum atomic E-state index is -0.533. The average Bonchev–Trinajstić information content (AvgIpc) is 2.16. The lowest BCUT2D eigenvalue weighted by atomic mass is 9.99. The molecule has 0 aromatic carbocycles. The molecule has 3 nitrogen and oxygen atoms in total. The van der Waals surface area contributed by atoms with Gasteiger partial charge in [-0.05, 0) is 30.5 Å². The Balaban J connectivity index is 2.98. The highest BCUT2D eigenvalue weighted by molar-refractivity contribution is 5.26. The lowest BCUT2D eigenvalue weighted by Gasteiger charge is -2.17. The van der Waals surface area contributed by atoms with Crippen LogP contribution in [0.15, 0.2) is 18.5 Å². The molecule has 0 aliphatic rings. The van der Waals surface area contributed by atoms with E-state index < -0.39 is 6.10 Å². The Morgan fingerprint density at radius 1 is 1.62 bits per heavy atom. The first-order valence-corrected chi connectivity index (χ1v) is 4.53. The van der Waals surface area contributed by atoms with Crippen LogP contribution in [-0.4, -0.2) is 16.2 Å². The van der Waals surface area contributed by atoms with Crippen LogP contribution in [0.1, 0.15) is 31.0 Å². The number of rotatable bonds is 3. The van der Waals surface area contributed by atoms with E-state index >= 15 is 0 Å². The van der Waals surface area contributed by atoms with E-state index in [1.165, 1.54) is 0 Å². The van der Waals surface area contributed by atoms with Crippen molar-refractivity contribution >= 4 is 0 Å². The zero-order chi connectivity index (χ0) is 9.84.